The molecule has 1 aliphatic rings. The summed E-state index contributed by atoms with van der Waals surface area (Å²) in [4.78, 5) is 34.7. The zero-order valence-corrected chi connectivity index (χ0v) is 16.3. The van der Waals surface area contributed by atoms with Crippen molar-refractivity contribution >= 4 is 23.0 Å². The molecule has 0 aliphatic carbocycles. The van der Waals surface area contributed by atoms with E-state index >= 15 is 0 Å². The van der Waals surface area contributed by atoms with Crippen LogP contribution in [0.1, 0.15) is 40.3 Å². The summed E-state index contributed by atoms with van der Waals surface area (Å²) in [7, 11) is 0. The molecule has 3 rings (SSSR count). The van der Waals surface area contributed by atoms with Gasteiger partial charge in [-0.2, -0.15) is 4.98 Å². The maximum absolute atomic E-state index is 13.0. The minimum absolute atomic E-state index is 0.0162. The van der Waals surface area contributed by atoms with Gasteiger partial charge >= 0.3 is 6.36 Å². The van der Waals surface area contributed by atoms with E-state index in [2.05, 4.69) is 25.0 Å². The number of hydrogen-bond acceptors (Lipinski definition) is 6. The Morgan fingerprint density at radius 2 is 2.14 bits per heavy atom. The average Bonchev–Trinajstić information content (AvgIpc) is 3.16. The van der Waals surface area contributed by atoms with E-state index in [1.807, 2.05) is 0 Å². The summed E-state index contributed by atoms with van der Waals surface area (Å²) in [5.41, 5.74) is -0.744. The first-order valence-corrected chi connectivity index (χ1v) is 9.19. The lowest BCUT2D eigenvalue weighted by atomic mass is 9.98. The summed E-state index contributed by atoms with van der Waals surface area (Å²) >= 11 is 0. The molecule has 2 aromatic heterocycles. The highest BCUT2D eigenvalue weighted by molar-refractivity contribution is 5.91. The van der Waals surface area contributed by atoms with Crippen molar-refractivity contribution in [2.24, 2.45) is 11.8 Å². The Labute approximate surface area is 163 Å². The van der Waals surface area contributed by atoms with Crippen molar-refractivity contribution in [1.29, 1.82) is 0 Å². The molecule has 2 N–H and O–H groups in total. The second kappa shape index (κ2) is 7.75. The lowest BCUT2D eigenvalue weighted by Crippen LogP contribution is -2.33. The molecule has 0 bridgehead atoms. The number of rotatable bonds is 5. The molecule has 2 aromatic rings. The van der Waals surface area contributed by atoms with Crippen molar-refractivity contribution in [2.45, 2.75) is 58.9 Å². The van der Waals surface area contributed by atoms with Gasteiger partial charge < -0.3 is 4.74 Å². The number of aromatic amines is 1. The molecule has 4 atom stereocenters. The van der Waals surface area contributed by atoms with Gasteiger partial charge in [-0.15, -0.1) is 13.2 Å². The number of halogens is 3. The normalized spacial score (nSPS) is 25.1. The molecule has 0 saturated carbocycles. The van der Waals surface area contributed by atoms with Gasteiger partial charge in [0.15, 0.2) is 17.4 Å². The van der Waals surface area contributed by atoms with Gasteiger partial charge in [0.05, 0.1) is 12.4 Å². The zero-order chi connectivity index (χ0) is 21.5. The van der Waals surface area contributed by atoms with Crippen LogP contribution in [-0.4, -0.2) is 44.0 Å². The van der Waals surface area contributed by atoms with E-state index in [0.29, 0.717) is 6.42 Å². The van der Waals surface area contributed by atoms with E-state index in [1.165, 1.54) is 10.9 Å². The summed E-state index contributed by atoms with van der Waals surface area (Å²) < 4.78 is 50.3. The summed E-state index contributed by atoms with van der Waals surface area (Å²) in [5, 5.41) is 2.46. The molecule has 1 fully saturated rings. The third kappa shape index (κ3) is 4.27. The van der Waals surface area contributed by atoms with Gasteiger partial charge in [0.2, 0.25) is 11.9 Å². The molecule has 1 aliphatic heterocycles. The van der Waals surface area contributed by atoms with Crippen LogP contribution in [0.2, 0.25) is 0 Å². The van der Waals surface area contributed by atoms with Crippen LogP contribution in [0.5, 0.6) is 0 Å². The molecular formula is C17H22F3N5O4. The molecule has 9 nitrogen and oxygen atoms in total. The van der Waals surface area contributed by atoms with Gasteiger partial charge in [-0.25, -0.2) is 4.98 Å². The van der Waals surface area contributed by atoms with Crippen LogP contribution in [0.25, 0.3) is 11.2 Å². The zero-order valence-electron chi connectivity index (χ0n) is 16.3. The van der Waals surface area contributed by atoms with Gasteiger partial charge in [-0.05, 0) is 6.42 Å². The Hall–Kier alpha value is -2.47. The van der Waals surface area contributed by atoms with Crippen molar-refractivity contribution in [3.8, 4) is 0 Å². The number of nitrogens with zero attached hydrogens (tertiary/aromatic N) is 3. The fraction of sp³-hybridized carbons (Fsp3) is 0.647. The number of H-pyrrole nitrogens is 1. The molecule has 160 valence electrons. The van der Waals surface area contributed by atoms with Crippen LogP contribution in [0.3, 0.4) is 0 Å². The first kappa shape index (κ1) is 21.2. The summed E-state index contributed by atoms with van der Waals surface area (Å²) in [6, 6.07) is 0. The SMILES string of the molecule is CC[C@H]1O[C@@H](n2cnc3c(=O)[nH]c(NC(=O)C(C)C)nc32)[C@H](OC(F)(F)F)[C@@H]1C. The number of aromatic nitrogens is 4. The second-order valence-electron chi connectivity index (χ2n) is 7.24. The van der Waals surface area contributed by atoms with Crippen molar-refractivity contribution in [1.82, 2.24) is 19.5 Å². The number of nitrogens with one attached hydrogen (secondary N) is 2. The van der Waals surface area contributed by atoms with Crippen LogP contribution in [-0.2, 0) is 14.3 Å². The number of anilines is 1. The van der Waals surface area contributed by atoms with Crippen molar-refractivity contribution < 1.29 is 27.4 Å². The molecule has 3 heterocycles. The standard InChI is InChI=1S/C17H22F3N5O4/c1-5-9-8(4)11(29-17(18,19)20)15(28-9)25-6-21-10-12(25)22-16(24-14(10)27)23-13(26)7(2)3/h6-9,11,15H,5H2,1-4H3,(H2,22,23,24,26,27)/t8-,9-,11-,15-/m1/s1. The van der Waals surface area contributed by atoms with E-state index in [0.717, 1.165) is 0 Å². The minimum Gasteiger partial charge on any atom is -0.352 e. The highest BCUT2D eigenvalue weighted by Gasteiger charge is 2.49. The molecular weight excluding hydrogens is 395 g/mol. The monoisotopic (exact) mass is 417 g/mol. The number of carbonyl (C=O) groups is 1. The predicted octanol–water partition coefficient (Wildman–Crippen LogP) is 2.56. The summed E-state index contributed by atoms with van der Waals surface area (Å²) in [6.07, 6.45) is -6.22. The topological polar surface area (TPSA) is 111 Å². The van der Waals surface area contributed by atoms with Crippen LogP contribution in [0, 0.1) is 11.8 Å². The number of imidazole rings is 1. The lowest BCUT2D eigenvalue weighted by Gasteiger charge is -2.23. The Morgan fingerprint density at radius 1 is 1.45 bits per heavy atom. The maximum Gasteiger partial charge on any atom is 0.522 e. The van der Waals surface area contributed by atoms with E-state index in [-0.39, 0.29) is 28.9 Å². The molecule has 0 aromatic carbocycles. The molecule has 0 spiro atoms. The van der Waals surface area contributed by atoms with Crippen molar-refractivity contribution in [3.63, 3.8) is 0 Å². The number of amides is 1. The van der Waals surface area contributed by atoms with Gasteiger partial charge in [-0.3, -0.25) is 29.2 Å². The van der Waals surface area contributed by atoms with Crippen LogP contribution < -0.4 is 10.9 Å². The molecule has 0 radical (unpaired) electrons. The smallest absolute Gasteiger partial charge is 0.352 e. The second-order valence-corrected chi connectivity index (χ2v) is 7.24. The van der Waals surface area contributed by atoms with E-state index < -0.39 is 36.3 Å². The Morgan fingerprint density at radius 3 is 2.72 bits per heavy atom. The molecule has 1 saturated heterocycles. The highest BCUT2D eigenvalue weighted by Crippen LogP contribution is 2.41. The Kier molecular flexibility index (Phi) is 5.68. The van der Waals surface area contributed by atoms with Crippen molar-refractivity contribution in [2.75, 3.05) is 5.32 Å². The summed E-state index contributed by atoms with van der Waals surface area (Å²) in [6.45, 7) is 6.73. The summed E-state index contributed by atoms with van der Waals surface area (Å²) in [5.74, 6) is -1.44. The number of hydrogen-bond donors (Lipinski definition) is 2. The van der Waals surface area contributed by atoms with E-state index in [4.69, 9.17) is 4.74 Å². The predicted molar refractivity (Wildman–Crippen MR) is 95.9 cm³/mol. The van der Waals surface area contributed by atoms with Gasteiger partial charge in [0.1, 0.15) is 6.10 Å². The molecule has 29 heavy (non-hydrogen) atoms. The molecule has 0 unspecified atom stereocenters. The van der Waals surface area contributed by atoms with E-state index in [9.17, 15) is 22.8 Å². The van der Waals surface area contributed by atoms with Gasteiger partial charge in [0, 0.05) is 11.8 Å². The maximum atomic E-state index is 13.0. The first-order chi connectivity index (χ1) is 13.5. The highest BCUT2D eigenvalue weighted by atomic mass is 19.4. The van der Waals surface area contributed by atoms with Crippen molar-refractivity contribution in [3.05, 3.63) is 16.7 Å². The Balaban J connectivity index is 2.04. The number of carbonyl (C=O) groups excluding carboxylic acids is 1. The number of fused-ring (bicyclic) bond motifs is 1. The van der Waals surface area contributed by atoms with Gasteiger partial charge in [0.25, 0.3) is 5.56 Å². The first-order valence-electron chi connectivity index (χ1n) is 9.19. The molecule has 1 amide bonds. The fourth-order valence-corrected chi connectivity index (χ4v) is 3.30. The largest absolute Gasteiger partial charge is 0.522 e. The van der Waals surface area contributed by atoms with Crippen LogP contribution >= 0.6 is 0 Å². The van der Waals surface area contributed by atoms with Crippen LogP contribution in [0.4, 0.5) is 19.1 Å². The third-order valence-electron chi connectivity index (χ3n) is 4.84. The van der Waals surface area contributed by atoms with E-state index in [1.54, 1.807) is 27.7 Å². The Bertz CT molecular complexity index is 955. The number of ether oxygens (including phenoxy) is 2. The van der Waals surface area contributed by atoms with Gasteiger partial charge in [-0.1, -0.05) is 27.7 Å². The van der Waals surface area contributed by atoms with Crippen LogP contribution in [0.15, 0.2) is 11.1 Å². The minimum atomic E-state index is -4.86. The molecule has 12 heteroatoms. The average molecular weight is 417 g/mol. The number of alkyl halides is 3. The quantitative estimate of drug-likeness (QED) is 0.774. The third-order valence-corrected chi connectivity index (χ3v) is 4.84. The fourth-order valence-electron chi connectivity index (χ4n) is 3.30. The lowest BCUT2D eigenvalue weighted by molar-refractivity contribution is -0.353.